The number of fused-ring (bicyclic) bond motifs is 1. The number of imidazole rings is 1. The number of pyridine rings is 2. The van der Waals surface area contributed by atoms with Gasteiger partial charge in [0.05, 0.1) is 41.0 Å². The Kier molecular flexibility index (Phi) is 5.65. The highest BCUT2D eigenvalue weighted by Gasteiger charge is 2.39. The maximum absolute atomic E-state index is 12.2. The minimum atomic E-state index is -1.62. The molecule has 0 radical (unpaired) electrons. The zero-order chi connectivity index (χ0) is 24.0. The number of hydrogen-bond acceptors (Lipinski definition) is 6. The number of aliphatic hydroxyl groups excluding tert-OH is 1. The van der Waals surface area contributed by atoms with Crippen molar-refractivity contribution in [3.63, 3.8) is 0 Å². The third-order valence-electron chi connectivity index (χ3n) is 6.03. The van der Waals surface area contributed by atoms with Crippen LogP contribution in [0, 0.1) is 0 Å². The predicted octanol–water partition coefficient (Wildman–Crippen LogP) is 4.00. The van der Waals surface area contributed by atoms with E-state index in [2.05, 4.69) is 9.97 Å². The van der Waals surface area contributed by atoms with Crippen LogP contribution in [0.3, 0.4) is 0 Å². The number of aliphatic hydroxyl groups is 2. The summed E-state index contributed by atoms with van der Waals surface area (Å²) in [6, 6.07) is 15.8. The Morgan fingerprint density at radius 2 is 1.74 bits per heavy atom. The highest BCUT2D eigenvalue weighted by atomic mass is 35.5. The molecule has 1 aliphatic heterocycles. The van der Waals surface area contributed by atoms with E-state index in [4.69, 9.17) is 28.2 Å². The average Bonchev–Trinajstić information content (AvgIpc) is 3.27. The molecule has 9 heteroatoms. The van der Waals surface area contributed by atoms with Gasteiger partial charge < -0.3 is 19.7 Å². The fourth-order valence-electron chi connectivity index (χ4n) is 4.21. The molecule has 0 saturated carbocycles. The first-order valence-electron chi connectivity index (χ1n) is 10.5. The fraction of sp³-hybridized carbons (Fsp3) is 0.160. The van der Waals surface area contributed by atoms with Gasteiger partial charge in [-0.15, -0.1) is 0 Å². The lowest BCUT2D eigenvalue weighted by molar-refractivity contribution is 0.112. The molecular weight excluding hydrogens is 473 g/mol. The standard InChI is InChI=1S/C25H21Cl2N5O2/c1-31-14-28-13-21(31)25(34,15-6-8-16(26)9-7-15)20-11-10-19-24(30-20)17(12-23(33)32(19)2)18-4-3-5-22(27)29-18/h3-14,23,33-34H,1-2H3. The van der Waals surface area contributed by atoms with Crippen molar-refractivity contribution in [2.75, 3.05) is 11.9 Å². The SMILES string of the molecule is CN1c2ccc(C(O)(c3ccc(Cl)cc3)c3cncn3C)nc2C(c2cccc(Cl)n2)=CC1O. The first kappa shape index (κ1) is 22.6. The van der Waals surface area contributed by atoms with E-state index in [1.165, 1.54) is 0 Å². The first-order valence-corrected chi connectivity index (χ1v) is 11.3. The third kappa shape index (κ3) is 3.67. The van der Waals surface area contributed by atoms with Gasteiger partial charge in [0.2, 0.25) is 0 Å². The molecule has 0 amide bonds. The van der Waals surface area contributed by atoms with Crippen LogP contribution in [-0.4, -0.2) is 43.0 Å². The number of rotatable bonds is 4. The first-order chi connectivity index (χ1) is 16.3. The summed E-state index contributed by atoms with van der Waals surface area (Å²) in [5.41, 5.74) is 2.34. The Bertz CT molecular complexity index is 1400. The molecule has 3 aromatic heterocycles. The van der Waals surface area contributed by atoms with Gasteiger partial charge in [0.15, 0.2) is 5.60 Å². The van der Waals surface area contributed by atoms with Gasteiger partial charge >= 0.3 is 0 Å². The molecule has 4 aromatic rings. The summed E-state index contributed by atoms with van der Waals surface area (Å²) in [5.74, 6) is 0. The molecule has 5 rings (SSSR count). The highest BCUT2D eigenvalue weighted by Crippen LogP contribution is 2.40. The van der Waals surface area contributed by atoms with Gasteiger partial charge in [-0.3, -0.25) is 0 Å². The van der Waals surface area contributed by atoms with E-state index in [0.29, 0.717) is 49.8 Å². The molecule has 7 nitrogen and oxygen atoms in total. The second-order valence-corrected chi connectivity index (χ2v) is 8.95. The largest absolute Gasteiger partial charge is 0.373 e. The molecule has 4 heterocycles. The number of aromatic nitrogens is 4. The number of hydrogen-bond donors (Lipinski definition) is 2. The summed E-state index contributed by atoms with van der Waals surface area (Å²) in [5, 5.41) is 23.7. The molecule has 34 heavy (non-hydrogen) atoms. The maximum atomic E-state index is 12.2. The molecule has 172 valence electrons. The minimum absolute atomic E-state index is 0.331. The van der Waals surface area contributed by atoms with E-state index in [9.17, 15) is 10.2 Å². The Morgan fingerprint density at radius 3 is 2.41 bits per heavy atom. The second kappa shape index (κ2) is 8.52. The molecule has 0 fully saturated rings. The van der Waals surface area contributed by atoms with Crippen LogP contribution in [0.5, 0.6) is 0 Å². The molecule has 0 saturated heterocycles. The van der Waals surface area contributed by atoms with Gasteiger partial charge in [0, 0.05) is 24.7 Å². The zero-order valence-electron chi connectivity index (χ0n) is 18.4. The zero-order valence-corrected chi connectivity index (χ0v) is 19.9. The molecular formula is C25H21Cl2N5O2. The Morgan fingerprint density at radius 1 is 0.971 bits per heavy atom. The summed E-state index contributed by atoms with van der Waals surface area (Å²) < 4.78 is 1.75. The van der Waals surface area contributed by atoms with Crippen LogP contribution in [0.1, 0.15) is 28.3 Å². The van der Waals surface area contributed by atoms with E-state index >= 15 is 0 Å². The summed E-state index contributed by atoms with van der Waals surface area (Å²) in [7, 11) is 3.59. The molecule has 0 bridgehead atoms. The lowest BCUT2D eigenvalue weighted by atomic mass is 9.86. The summed E-state index contributed by atoms with van der Waals surface area (Å²) >= 11 is 12.3. The van der Waals surface area contributed by atoms with Crippen molar-refractivity contribution >= 4 is 34.5 Å². The lowest BCUT2D eigenvalue weighted by Crippen LogP contribution is -2.36. The lowest BCUT2D eigenvalue weighted by Gasteiger charge is -2.33. The smallest absolute Gasteiger partial charge is 0.173 e. The van der Waals surface area contributed by atoms with E-state index in [-0.39, 0.29) is 0 Å². The Labute approximate surface area is 206 Å². The molecule has 2 unspecified atom stereocenters. The third-order valence-corrected chi connectivity index (χ3v) is 6.50. The van der Waals surface area contributed by atoms with Gasteiger partial charge in [0.25, 0.3) is 0 Å². The van der Waals surface area contributed by atoms with Crippen LogP contribution in [0.2, 0.25) is 10.2 Å². The van der Waals surface area contributed by atoms with Crippen molar-refractivity contribution in [1.29, 1.82) is 0 Å². The summed E-state index contributed by atoms with van der Waals surface area (Å²) in [6.45, 7) is 0. The average molecular weight is 494 g/mol. The van der Waals surface area contributed by atoms with Crippen LogP contribution < -0.4 is 4.90 Å². The van der Waals surface area contributed by atoms with Gasteiger partial charge in [-0.2, -0.15) is 0 Å². The fourth-order valence-corrected chi connectivity index (χ4v) is 4.50. The number of halogens is 2. The highest BCUT2D eigenvalue weighted by molar-refractivity contribution is 6.30. The van der Waals surface area contributed by atoms with E-state index in [1.54, 1.807) is 83.6 Å². The van der Waals surface area contributed by atoms with Gasteiger partial charge in [0.1, 0.15) is 11.4 Å². The molecule has 1 aromatic carbocycles. The number of aryl methyl sites for hydroxylation is 1. The van der Waals surface area contributed by atoms with Crippen LogP contribution in [0.4, 0.5) is 5.69 Å². The van der Waals surface area contributed by atoms with E-state index in [1.807, 2.05) is 13.1 Å². The van der Waals surface area contributed by atoms with Crippen LogP contribution in [-0.2, 0) is 12.6 Å². The number of anilines is 1. The summed E-state index contributed by atoms with van der Waals surface area (Å²) in [4.78, 5) is 15.3. The maximum Gasteiger partial charge on any atom is 0.173 e. The molecule has 2 N–H and O–H groups in total. The predicted molar refractivity (Wildman–Crippen MR) is 132 cm³/mol. The second-order valence-electron chi connectivity index (χ2n) is 8.12. The van der Waals surface area contributed by atoms with Crippen LogP contribution in [0.15, 0.2) is 73.2 Å². The van der Waals surface area contributed by atoms with Crippen molar-refractivity contribution in [2.24, 2.45) is 7.05 Å². The van der Waals surface area contributed by atoms with Crippen LogP contribution in [0.25, 0.3) is 5.57 Å². The number of nitrogens with zero attached hydrogens (tertiary/aromatic N) is 5. The number of likely N-dealkylation sites (N-methyl/N-ethyl adjacent to an activating group) is 1. The van der Waals surface area contributed by atoms with Crippen molar-refractivity contribution in [3.05, 3.63) is 112 Å². The normalized spacial score (nSPS) is 17.2. The molecule has 0 spiro atoms. The molecule has 1 aliphatic rings. The Hall–Kier alpha value is -3.23. The minimum Gasteiger partial charge on any atom is -0.373 e. The van der Waals surface area contributed by atoms with Crippen molar-refractivity contribution in [2.45, 2.75) is 11.8 Å². The van der Waals surface area contributed by atoms with E-state index < -0.39 is 11.8 Å². The van der Waals surface area contributed by atoms with E-state index in [0.717, 1.165) is 0 Å². The van der Waals surface area contributed by atoms with Crippen molar-refractivity contribution in [3.8, 4) is 0 Å². The van der Waals surface area contributed by atoms with Gasteiger partial charge in [-0.05, 0) is 48.0 Å². The van der Waals surface area contributed by atoms with Crippen molar-refractivity contribution < 1.29 is 10.2 Å². The van der Waals surface area contributed by atoms with Gasteiger partial charge in [-0.1, -0.05) is 41.4 Å². The molecule has 0 aliphatic carbocycles. The quantitative estimate of drug-likeness (QED) is 0.417. The topological polar surface area (TPSA) is 87.3 Å². The number of benzene rings is 1. The van der Waals surface area contributed by atoms with Gasteiger partial charge in [-0.25, -0.2) is 15.0 Å². The summed E-state index contributed by atoms with van der Waals surface area (Å²) in [6.07, 6.45) is 4.03. The van der Waals surface area contributed by atoms with Crippen LogP contribution >= 0.6 is 23.2 Å². The van der Waals surface area contributed by atoms with Crippen molar-refractivity contribution in [1.82, 2.24) is 19.5 Å². The molecule has 2 atom stereocenters. The Balaban J connectivity index is 1.75. The monoisotopic (exact) mass is 493 g/mol.